The van der Waals surface area contributed by atoms with E-state index >= 15 is 0 Å². The van der Waals surface area contributed by atoms with Gasteiger partial charge in [-0.25, -0.2) is 0 Å². The highest BCUT2D eigenvalue weighted by Crippen LogP contribution is 2.19. The van der Waals surface area contributed by atoms with Gasteiger partial charge in [-0.3, -0.25) is 4.99 Å². The van der Waals surface area contributed by atoms with Crippen molar-refractivity contribution in [2.24, 2.45) is 10.9 Å². The highest BCUT2D eigenvalue weighted by Gasteiger charge is 2.12. The van der Waals surface area contributed by atoms with Crippen LogP contribution in [0.1, 0.15) is 32.6 Å². The van der Waals surface area contributed by atoms with Crippen molar-refractivity contribution < 1.29 is 4.74 Å². The molecule has 0 aromatic carbocycles. The molecule has 1 aliphatic heterocycles. The smallest absolute Gasteiger partial charge is 0.0468 e. The molecule has 2 heteroatoms. The lowest BCUT2D eigenvalue weighted by atomic mass is 9.95. The molecule has 0 amide bonds. The topological polar surface area (TPSA) is 21.6 Å². The first-order valence-electron chi connectivity index (χ1n) is 5.71. The van der Waals surface area contributed by atoms with Gasteiger partial charge in [-0.1, -0.05) is 12.7 Å². The highest BCUT2D eigenvalue weighted by atomic mass is 16.5. The minimum Gasteiger partial charge on any atom is -0.381 e. The van der Waals surface area contributed by atoms with Crippen molar-refractivity contribution in [3.05, 3.63) is 24.9 Å². The monoisotopic (exact) mass is 207 g/mol. The van der Waals surface area contributed by atoms with Crippen LogP contribution >= 0.6 is 0 Å². The Bertz CT molecular complexity index is 235. The molecule has 0 N–H and O–H groups in total. The zero-order valence-corrected chi connectivity index (χ0v) is 9.61. The van der Waals surface area contributed by atoms with Gasteiger partial charge in [0.05, 0.1) is 0 Å². The molecule has 0 aromatic rings. The van der Waals surface area contributed by atoms with E-state index in [0.29, 0.717) is 0 Å². The van der Waals surface area contributed by atoms with E-state index in [1.807, 2.05) is 12.3 Å². The quantitative estimate of drug-likeness (QED) is 0.511. The van der Waals surface area contributed by atoms with Crippen LogP contribution in [0, 0.1) is 5.92 Å². The molecule has 0 aliphatic carbocycles. The first-order valence-corrected chi connectivity index (χ1v) is 5.71. The van der Waals surface area contributed by atoms with Crippen LogP contribution in [0.25, 0.3) is 0 Å². The van der Waals surface area contributed by atoms with Crippen molar-refractivity contribution in [1.29, 1.82) is 0 Å². The zero-order chi connectivity index (χ0) is 10.9. The molecular formula is C13H21NO. The van der Waals surface area contributed by atoms with Gasteiger partial charge in [-0.2, -0.15) is 0 Å². The van der Waals surface area contributed by atoms with Crippen molar-refractivity contribution >= 4 is 5.71 Å². The molecule has 1 saturated heterocycles. The Hall–Kier alpha value is -0.890. The van der Waals surface area contributed by atoms with E-state index in [2.05, 4.69) is 18.5 Å². The molecule has 15 heavy (non-hydrogen) atoms. The number of allylic oxidation sites excluding steroid dienone is 2. The van der Waals surface area contributed by atoms with Crippen LogP contribution in [-0.4, -0.2) is 18.9 Å². The van der Waals surface area contributed by atoms with Crippen LogP contribution in [0.3, 0.4) is 0 Å². The number of ether oxygens (including phenoxy) is 1. The van der Waals surface area contributed by atoms with Gasteiger partial charge in [0.15, 0.2) is 0 Å². The van der Waals surface area contributed by atoms with E-state index < -0.39 is 0 Å². The van der Waals surface area contributed by atoms with Gasteiger partial charge in [0, 0.05) is 25.1 Å². The minimum atomic E-state index is 0.758. The lowest BCUT2D eigenvalue weighted by Gasteiger charge is -2.11. The van der Waals surface area contributed by atoms with Gasteiger partial charge in [0.25, 0.3) is 0 Å². The largest absolute Gasteiger partial charge is 0.381 e. The maximum absolute atomic E-state index is 5.44. The highest BCUT2D eigenvalue weighted by molar-refractivity contribution is 5.82. The predicted octanol–water partition coefficient (Wildman–Crippen LogP) is 3.35. The van der Waals surface area contributed by atoms with Crippen LogP contribution in [0.4, 0.5) is 0 Å². The summed E-state index contributed by atoms with van der Waals surface area (Å²) in [5, 5.41) is 0. The normalized spacial score (nSPS) is 24.1. The van der Waals surface area contributed by atoms with Gasteiger partial charge in [-0.05, 0) is 44.6 Å². The van der Waals surface area contributed by atoms with Gasteiger partial charge in [0.1, 0.15) is 0 Å². The first kappa shape index (κ1) is 12.2. The average Bonchev–Trinajstić information content (AvgIpc) is 2.47. The molecule has 84 valence electrons. The van der Waals surface area contributed by atoms with Gasteiger partial charge >= 0.3 is 0 Å². The number of nitrogens with zero attached hydrogens (tertiary/aromatic N) is 1. The molecule has 2 nitrogen and oxygen atoms in total. The third-order valence-corrected chi connectivity index (χ3v) is 2.67. The average molecular weight is 207 g/mol. The van der Waals surface area contributed by atoms with Crippen LogP contribution in [0.2, 0.25) is 0 Å². The van der Waals surface area contributed by atoms with Crippen LogP contribution in [-0.2, 0) is 4.74 Å². The van der Waals surface area contributed by atoms with E-state index in [0.717, 1.165) is 25.6 Å². The van der Waals surface area contributed by atoms with Crippen molar-refractivity contribution in [2.45, 2.75) is 32.6 Å². The summed E-state index contributed by atoms with van der Waals surface area (Å²) in [6.45, 7) is 7.56. The number of hydrogen-bond donors (Lipinski definition) is 0. The second kappa shape index (κ2) is 7.41. The summed E-state index contributed by atoms with van der Waals surface area (Å²) in [7, 11) is 0. The predicted molar refractivity (Wildman–Crippen MR) is 65.2 cm³/mol. The number of hydrogen-bond acceptors (Lipinski definition) is 2. The second-order valence-electron chi connectivity index (χ2n) is 4.06. The molecule has 0 saturated carbocycles. The summed E-state index contributed by atoms with van der Waals surface area (Å²) in [5.41, 5.74) is 1.21. The standard InChI is InChI=1S/C13H21NO/c1-3-4-8-14-12(2)11-13-6-5-9-15-10-7-13/h3-4,8,13H,1,5-7,9-11H2,2H3/b8-4-,14-12+. The second-order valence-corrected chi connectivity index (χ2v) is 4.06. The Morgan fingerprint density at radius 3 is 3.13 bits per heavy atom. The molecule has 0 spiro atoms. The summed E-state index contributed by atoms with van der Waals surface area (Å²) >= 11 is 0. The van der Waals surface area contributed by atoms with Crippen molar-refractivity contribution in [3.8, 4) is 0 Å². The van der Waals surface area contributed by atoms with Gasteiger partial charge in [-0.15, -0.1) is 0 Å². The van der Waals surface area contributed by atoms with E-state index in [9.17, 15) is 0 Å². The van der Waals surface area contributed by atoms with Gasteiger partial charge in [0.2, 0.25) is 0 Å². The molecule has 1 atom stereocenters. The molecule has 1 heterocycles. The molecule has 1 rings (SSSR count). The van der Waals surface area contributed by atoms with E-state index in [1.54, 1.807) is 6.08 Å². The van der Waals surface area contributed by atoms with Gasteiger partial charge < -0.3 is 4.74 Å². The molecule has 0 aromatic heterocycles. The third-order valence-electron chi connectivity index (χ3n) is 2.67. The molecule has 0 radical (unpaired) electrons. The molecule has 1 unspecified atom stereocenters. The SMILES string of the molecule is C=C/C=C\N=C(/C)CC1CCCOCC1. The molecule has 0 bridgehead atoms. The Morgan fingerprint density at radius 1 is 1.47 bits per heavy atom. The maximum Gasteiger partial charge on any atom is 0.0468 e. The Morgan fingerprint density at radius 2 is 2.33 bits per heavy atom. The zero-order valence-electron chi connectivity index (χ0n) is 9.61. The fourth-order valence-electron chi connectivity index (χ4n) is 1.88. The Balaban J connectivity index is 2.34. The van der Waals surface area contributed by atoms with E-state index in [1.165, 1.54) is 25.0 Å². The van der Waals surface area contributed by atoms with Crippen LogP contribution < -0.4 is 0 Å². The van der Waals surface area contributed by atoms with Crippen LogP contribution in [0.5, 0.6) is 0 Å². The number of rotatable bonds is 4. The first-order chi connectivity index (χ1) is 7.33. The van der Waals surface area contributed by atoms with E-state index in [4.69, 9.17) is 4.74 Å². The van der Waals surface area contributed by atoms with Crippen molar-refractivity contribution in [2.75, 3.05) is 13.2 Å². The third kappa shape index (κ3) is 5.53. The minimum absolute atomic E-state index is 0.758. The fourth-order valence-corrected chi connectivity index (χ4v) is 1.88. The summed E-state index contributed by atoms with van der Waals surface area (Å²) in [4.78, 5) is 4.36. The van der Waals surface area contributed by atoms with Crippen LogP contribution in [0.15, 0.2) is 29.9 Å². The molecular weight excluding hydrogens is 186 g/mol. The lowest BCUT2D eigenvalue weighted by Crippen LogP contribution is -2.06. The summed E-state index contributed by atoms with van der Waals surface area (Å²) < 4.78 is 5.44. The molecule has 1 aliphatic rings. The Kier molecular flexibility index (Phi) is 6.02. The summed E-state index contributed by atoms with van der Waals surface area (Å²) in [6, 6.07) is 0. The van der Waals surface area contributed by atoms with Crippen molar-refractivity contribution in [1.82, 2.24) is 0 Å². The maximum atomic E-state index is 5.44. The van der Waals surface area contributed by atoms with E-state index in [-0.39, 0.29) is 0 Å². The number of aliphatic imine (C=N–C) groups is 1. The fraction of sp³-hybridized carbons (Fsp3) is 0.615. The van der Waals surface area contributed by atoms with Crippen molar-refractivity contribution in [3.63, 3.8) is 0 Å². The summed E-state index contributed by atoms with van der Waals surface area (Å²) in [5.74, 6) is 0.758. The molecule has 1 fully saturated rings. The Labute approximate surface area is 92.7 Å². The lowest BCUT2D eigenvalue weighted by molar-refractivity contribution is 0.142. The summed E-state index contributed by atoms with van der Waals surface area (Å²) in [6.07, 6.45) is 10.2.